The van der Waals surface area contributed by atoms with Crippen LogP contribution in [-0.2, 0) is 4.79 Å². The molecular weight excluding hydrogens is 269 g/mol. The lowest BCUT2D eigenvalue weighted by Crippen LogP contribution is -2.42. The summed E-state index contributed by atoms with van der Waals surface area (Å²) in [7, 11) is 0. The Hall–Kier alpha value is -1.56. The Bertz CT molecular complexity index is 416. The van der Waals surface area contributed by atoms with Crippen LogP contribution < -0.4 is 5.32 Å². The molecule has 1 atom stereocenters. The van der Waals surface area contributed by atoms with E-state index in [1.807, 2.05) is 0 Å². The topological polar surface area (TPSA) is 32.3 Å². The third kappa shape index (κ3) is 4.52. The van der Waals surface area contributed by atoms with Crippen LogP contribution in [0.5, 0.6) is 0 Å². The lowest BCUT2D eigenvalue weighted by atomic mass is 10.1. The zero-order valence-corrected chi connectivity index (χ0v) is 11.6. The zero-order valence-electron chi connectivity index (χ0n) is 11.6. The highest BCUT2D eigenvalue weighted by molar-refractivity contribution is 5.78. The van der Waals surface area contributed by atoms with Gasteiger partial charge < -0.3 is 4.90 Å². The Morgan fingerprint density at radius 3 is 2.20 bits per heavy atom. The summed E-state index contributed by atoms with van der Waals surface area (Å²) in [5, 5.41) is 2.31. The molecule has 1 N–H and O–H groups in total. The zero-order chi connectivity index (χ0) is 15.2. The Morgan fingerprint density at radius 1 is 1.20 bits per heavy atom. The highest BCUT2D eigenvalue weighted by Crippen LogP contribution is 2.32. The first kappa shape index (κ1) is 16.5. The number of halogens is 3. The number of rotatable bonds is 6. The standard InChI is InChI=1S/C14H19F3N2O/c1-3-19(4-2)12(20)10-18-13(14(15,16)17)11-8-6-5-7-9-11/h5-9,13,18H,3-4,10H2,1-2H3. The van der Waals surface area contributed by atoms with E-state index in [4.69, 9.17) is 0 Å². The van der Waals surface area contributed by atoms with Gasteiger partial charge in [0.05, 0.1) is 6.54 Å². The van der Waals surface area contributed by atoms with E-state index in [9.17, 15) is 18.0 Å². The van der Waals surface area contributed by atoms with Gasteiger partial charge in [-0.3, -0.25) is 10.1 Å². The van der Waals surface area contributed by atoms with Gasteiger partial charge in [0.25, 0.3) is 0 Å². The van der Waals surface area contributed by atoms with Crippen molar-refractivity contribution >= 4 is 5.91 Å². The summed E-state index contributed by atoms with van der Waals surface area (Å²) in [4.78, 5) is 13.3. The number of carbonyl (C=O) groups excluding carboxylic acids is 1. The molecule has 0 saturated heterocycles. The first-order valence-corrected chi connectivity index (χ1v) is 6.53. The first-order valence-electron chi connectivity index (χ1n) is 6.53. The summed E-state index contributed by atoms with van der Waals surface area (Å²) < 4.78 is 39.1. The van der Waals surface area contributed by atoms with Crippen molar-refractivity contribution in [3.8, 4) is 0 Å². The fourth-order valence-electron chi connectivity index (χ4n) is 1.95. The number of benzene rings is 1. The molecule has 0 aromatic heterocycles. The molecule has 0 saturated carbocycles. The molecular formula is C14H19F3N2O. The van der Waals surface area contributed by atoms with E-state index in [0.29, 0.717) is 13.1 Å². The highest BCUT2D eigenvalue weighted by atomic mass is 19.4. The van der Waals surface area contributed by atoms with Gasteiger partial charge in [-0.1, -0.05) is 30.3 Å². The predicted molar refractivity (Wildman–Crippen MR) is 71.2 cm³/mol. The monoisotopic (exact) mass is 288 g/mol. The Labute approximate surface area is 116 Å². The smallest absolute Gasteiger partial charge is 0.342 e. The summed E-state index contributed by atoms with van der Waals surface area (Å²) in [6, 6.07) is 5.70. The number of hydrogen-bond acceptors (Lipinski definition) is 2. The van der Waals surface area contributed by atoms with Crippen molar-refractivity contribution in [2.24, 2.45) is 0 Å². The van der Waals surface area contributed by atoms with Gasteiger partial charge in [0.2, 0.25) is 5.91 Å². The second-order valence-corrected chi connectivity index (χ2v) is 4.33. The van der Waals surface area contributed by atoms with Crippen LogP contribution in [0.2, 0.25) is 0 Å². The van der Waals surface area contributed by atoms with E-state index in [2.05, 4.69) is 5.32 Å². The van der Waals surface area contributed by atoms with Crippen molar-refractivity contribution < 1.29 is 18.0 Å². The molecule has 0 aliphatic rings. The average Bonchev–Trinajstić information content (AvgIpc) is 2.40. The van der Waals surface area contributed by atoms with Crippen molar-refractivity contribution in [1.82, 2.24) is 10.2 Å². The normalized spacial score (nSPS) is 13.1. The molecule has 20 heavy (non-hydrogen) atoms. The van der Waals surface area contributed by atoms with Gasteiger partial charge in [0, 0.05) is 13.1 Å². The molecule has 1 unspecified atom stereocenters. The van der Waals surface area contributed by atoms with Crippen LogP contribution in [0.1, 0.15) is 25.5 Å². The molecule has 1 aromatic carbocycles. The summed E-state index contributed by atoms with van der Waals surface area (Å²) in [5.74, 6) is -0.333. The van der Waals surface area contributed by atoms with Crippen LogP contribution >= 0.6 is 0 Å². The van der Waals surface area contributed by atoms with E-state index < -0.39 is 12.2 Å². The van der Waals surface area contributed by atoms with Gasteiger partial charge in [-0.15, -0.1) is 0 Å². The van der Waals surface area contributed by atoms with E-state index >= 15 is 0 Å². The van der Waals surface area contributed by atoms with Crippen molar-refractivity contribution in [1.29, 1.82) is 0 Å². The van der Waals surface area contributed by atoms with E-state index in [1.54, 1.807) is 32.0 Å². The number of likely N-dealkylation sites (N-methyl/N-ethyl adjacent to an activating group) is 1. The summed E-state index contributed by atoms with van der Waals surface area (Å²) >= 11 is 0. The highest BCUT2D eigenvalue weighted by Gasteiger charge is 2.40. The van der Waals surface area contributed by atoms with Crippen LogP contribution in [0, 0.1) is 0 Å². The lowest BCUT2D eigenvalue weighted by molar-refractivity contribution is -0.159. The maximum Gasteiger partial charge on any atom is 0.407 e. The molecule has 1 rings (SSSR count). The summed E-state index contributed by atoms with van der Waals surface area (Å²) in [6.45, 7) is 4.22. The van der Waals surface area contributed by atoms with Crippen molar-refractivity contribution in [3.05, 3.63) is 35.9 Å². The molecule has 0 radical (unpaired) electrons. The second-order valence-electron chi connectivity index (χ2n) is 4.33. The van der Waals surface area contributed by atoms with Crippen molar-refractivity contribution in [2.45, 2.75) is 26.1 Å². The molecule has 0 aliphatic carbocycles. The van der Waals surface area contributed by atoms with Gasteiger partial charge in [-0.2, -0.15) is 13.2 Å². The predicted octanol–water partition coefficient (Wildman–Crippen LogP) is 2.75. The molecule has 0 spiro atoms. The third-order valence-electron chi connectivity index (χ3n) is 3.03. The molecule has 3 nitrogen and oxygen atoms in total. The minimum Gasteiger partial charge on any atom is -0.342 e. The van der Waals surface area contributed by atoms with Crippen LogP contribution in [0.3, 0.4) is 0 Å². The van der Waals surface area contributed by atoms with Crippen LogP contribution in [0.4, 0.5) is 13.2 Å². The number of alkyl halides is 3. The Morgan fingerprint density at radius 2 is 1.75 bits per heavy atom. The van der Waals surface area contributed by atoms with E-state index in [1.165, 1.54) is 17.0 Å². The van der Waals surface area contributed by atoms with Gasteiger partial charge in [-0.25, -0.2) is 0 Å². The average molecular weight is 288 g/mol. The minimum absolute atomic E-state index is 0.104. The fraction of sp³-hybridized carbons (Fsp3) is 0.500. The molecule has 0 bridgehead atoms. The molecule has 1 amide bonds. The SMILES string of the molecule is CCN(CC)C(=O)CNC(c1ccccc1)C(F)(F)F. The summed E-state index contributed by atoms with van der Waals surface area (Å²) in [5.41, 5.74) is 0.104. The molecule has 6 heteroatoms. The number of amides is 1. The van der Waals surface area contributed by atoms with Crippen molar-refractivity contribution in [2.75, 3.05) is 19.6 Å². The second kappa shape index (κ2) is 7.28. The molecule has 0 fully saturated rings. The third-order valence-corrected chi connectivity index (χ3v) is 3.03. The van der Waals surface area contributed by atoms with Crippen LogP contribution in [0.25, 0.3) is 0 Å². The minimum atomic E-state index is -4.44. The number of hydrogen-bond donors (Lipinski definition) is 1. The number of nitrogens with one attached hydrogen (secondary N) is 1. The van der Waals surface area contributed by atoms with Gasteiger partial charge >= 0.3 is 6.18 Å². The largest absolute Gasteiger partial charge is 0.407 e. The van der Waals surface area contributed by atoms with E-state index in [-0.39, 0.29) is 18.0 Å². The molecule has 0 aliphatic heterocycles. The number of nitrogens with zero attached hydrogens (tertiary/aromatic N) is 1. The van der Waals surface area contributed by atoms with Crippen molar-refractivity contribution in [3.63, 3.8) is 0 Å². The van der Waals surface area contributed by atoms with E-state index in [0.717, 1.165) is 0 Å². The maximum absolute atomic E-state index is 13.0. The quantitative estimate of drug-likeness (QED) is 0.873. The molecule has 0 heterocycles. The number of carbonyl (C=O) groups is 1. The molecule has 1 aromatic rings. The maximum atomic E-state index is 13.0. The van der Waals surface area contributed by atoms with Gasteiger partial charge in [0.15, 0.2) is 0 Å². The molecule has 112 valence electrons. The first-order chi connectivity index (χ1) is 9.40. The Balaban J connectivity index is 2.76. The fourth-order valence-corrected chi connectivity index (χ4v) is 1.95. The van der Waals surface area contributed by atoms with Gasteiger partial charge in [-0.05, 0) is 19.4 Å². The lowest BCUT2D eigenvalue weighted by Gasteiger charge is -2.24. The van der Waals surface area contributed by atoms with Crippen LogP contribution in [0.15, 0.2) is 30.3 Å². The van der Waals surface area contributed by atoms with Crippen LogP contribution in [-0.4, -0.2) is 36.6 Å². The summed E-state index contributed by atoms with van der Waals surface area (Å²) in [6.07, 6.45) is -4.44. The van der Waals surface area contributed by atoms with Gasteiger partial charge in [0.1, 0.15) is 6.04 Å². The Kier molecular flexibility index (Phi) is 6.01.